The Morgan fingerprint density at radius 3 is 2.77 bits per heavy atom. The van der Waals surface area contributed by atoms with Crippen molar-refractivity contribution in [3.63, 3.8) is 0 Å². The van der Waals surface area contributed by atoms with E-state index in [2.05, 4.69) is 38.1 Å². The van der Waals surface area contributed by atoms with E-state index in [1.165, 1.54) is 12.1 Å². The molecule has 2 aromatic heterocycles. The fraction of sp³-hybridized carbons (Fsp3) is 0.250. The first-order chi connectivity index (χ1) is 10.7. The molecule has 0 saturated heterocycles. The third kappa shape index (κ3) is 2.97. The summed E-state index contributed by atoms with van der Waals surface area (Å²) in [6, 6.07) is 6.34. The van der Waals surface area contributed by atoms with Gasteiger partial charge < -0.3 is 9.88 Å². The Balaban J connectivity index is 1.98. The smallest absolute Gasteiger partial charge is 0.223 e. The number of unbranched alkanes of at least 4 members (excludes halogenated alkanes) is 1. The number of hydrogen-bond acceptors (Lipinski definition) is 3. The van der Waals surface area contributed by atoms with Gasteiger partial charge in [-0.25, -0.2) is 14.4 Å². The normalized spacial score (nSPS) is 11.0. The molecule has 1 N–H and O–H groups in total. The summed E-state index contributed by atoms with van der Waals surface area (Å²) in [6.45, 7) is 3.00. The molecule has 2 heterocycles. The number of rotatable bonds is 5. The van der Waals surface area contributed by atoms with Crippen molar-refractivity contribution in [3.05, 3.63) is 46.9 Å². The number of halogens is 2. The minimum Gasteiger partial charge on any atom is -0.354 e. The largest absolute Gasteiger partial charge is 0.354 e. The van der Waals surface area contributed by atoms with E-state index in [0.29, 0.717) is 5.95 Å². The zero-order valence-corrected chi connectivity index (χ0v) is 13.8. The zero-order valence-electron chi connectivity index (χ0n) is 12.2. The minimum atomic E-state index is -0.252. The van der Waals surface area contributed by atoms with E-state index in [0.717, 1.165) is 40.6 Å². The first-order valence-corrected chi connectivity index (χ1v) is 8.01. The summed E-state index contributed by atoms with van der Waals surface area (Å²) in [4.78, 5) is 8.90. The molecule has 0 saturated carbocycles. The van der Waals surface area contributed by atoms with Gasteiger partial charge in [-0.3, -0.25) is 0 Å². The van der Waals surface area contributed by atoms with Gasteiger partial charge in [-0.2, -0.15) is 0 Å². The lowest BCUT2D eigenvalue weighted by molar-refractivity contribution is 0.627. The number of nitrogens with one attached hydrogen (secondary N) is 1. The molecule has 0 amide bonds. The zero-order chi connectivity index (χ0) is 15.5. The van der Waals surface area contributed by atoms with E-state index in [1.807, 2.05) is 10.8 Å². The van der Waals surface area contributed by atoms with E-state index >= 15 is 0 Å². The molecule has 3 rings (SSSR count). The number of benzene rings is 1. The van der Waals surface area contributed by atoms with Crippen molar-refractivity contribution >= 4 is 32.9 Å². The molecule has 0 unspecified atom stereocenters. The fourth-order valence-corrected chi connectivity index (χ4v) is 2.75. The Hall–Kier alpha value is -1.95. The Bertz CT molecular complexity index is 783. The summed E-state index contributed by atoms with van der Waals surface area (Å²) in [6.07, 6.45) is 5.91. The standard InChI is InChI=1S/C16H16BrFN4/c1-2-3-8-19-16-20-9-14-15(21-16)13(17)10-22(14)12-6-4-11(18)5-7-12/h4-7,9-10H,2-3,8H2,1H3,(H,19,20,21). The molecule has 22 heavy (non-hydrogen) atoms. The molecule has 114 valence electrons. The number of anilines is 1. The molecule has 4 nitrogen and oxygen atoms in total. The quantitative estimate of drug-likeness (QED) is 0.677. The Morgan fingerprint density at radius 1 is 1.27 bits per heavy atom. The Labute approximate surface area is 136 Å². The van der Waals surface area contributed by atoms with Crippen molar-refractivity contribution in [1.29, 1.82) is 0 Å². The lowest BCUT2D eigenvalue weighted by Gasteiger charge is -2.06. The summed E-state index contributed by atoms with van der Waals surface area (Å²) in [7, 11) is 0. The number of nitrogens with zero attached hydrogens (tertiary/aromatic N) is 3. The van der Waals surface area contributed by atoms with Gasteiger partial charge in [-0.05, 0) is 46.6 Å². The highest BCUT2D eigenvalue weighted by molar-refractivity contribution is 9.10. The lowest BCUT2D eigenvalue weighted by Crippen LogP contribution is -2.05. The summed E-state index contributed by atoms with van der Waals surface area (Å²) in [5.41, 5.74) is 2.57. The molecule has 6 heteroatoms. The van der Waals surface area contributed by atoms with Crippen LogP contribution in [0.4, 0.5) is 10.3 Å². The average molecular weight is 363 g/mol. The first-order valence-electron chi connectivity index (χ1n) is 7.22. The van der Waals surface area contributed by atoms with Crippen LogP contribution >= 0.6 is 15.9 Å². The second-order valence-corrected chi connectivity index (χ2v) is 5.89. The van der Waals surface area contributed by atoms with E-state index in [-0.39, 0.29) is 5.82 Å². The third-order valence-electron chi connectivity index (χ3n) is 3.42. The Morgan fingerprint density at radius 2 is 2.05 bits per heavy atom. The summed E-state index contributed by atoms with van der Waals surface area (Å²) in [5.74, 6) is 0.372. The van der Waals surface area contributed by atoms with Gasteiger partial charge in [0.1, 0.15) is 11.3 Å². The van der Waals surface area contributed by atoms with Crippen LogP contribution in [-0.2, 0) is 0 Å². The van der Waals surface area contributed by atoms with Crippen LogP contribution in [0.25, 0.3) is 16.7 Å². The first kappa shape index (κ1) is 15.0. The fourth-order valence-electron chi connectivity index (χ4n) is 2.25. The van der Waals surface area contributed by atoms with Crippen molar-refractivity contribution in [2.24, 2.45) is 0 Å². The van der Waals surface area contributed by atoms with Gasteiger partial charge in [0.2, 0.25) is 5.95 Å². The molecular formula is C16H16BrFN4. The van der Waals surface area contributed by atoms with Crippen LogP contribution in [-0.4, -0.2) is 21.1 Å². The molecule has 0 aliphatic heterocycles. The van der Waals surface area contributed by atoms with Crippen molar-refractivity contribution in [2.75, 3.05) is 11.9 Å². The van der Waals surface area contributed by atoms with Gasteiger partial charge in [0, 0.05) is 18.4 Å². The van der Waals surface area contributed by atoms with Gasteiger partial charge in [0.15, 0.2) is 0 Å². The number of fused-ring (bicyclic) bond motifs is 1. The average Bonchev–Trinajstić information content (AvgIpc) is 2.85. The number of aromatic nitrogens is 3. The van der Waals surface area contributed by atoms with Crippen LogP contribution in [0.15, 0.2) is 41.1 Å². The van der Waals surface area contributed by atoms with Gasteiger partial charge in [-0.15, -0.1) is 0 Å². The molecule has 0 aliphatic carbocycles. The summed E-state index contributed by atoms with van der Waals surface area (Å²) >= 11 is 3.53. The number of hydrogen-bond donors (Lipinski definition) is 1. The van der Waals surface area contributed by atoms with Crippen LogP contribution < -0.4 is 5.32 Å². The van der Waals surface area contributed by atoms with Crippen LogP contribution in [0.3, 0.4) is 0 Å². The highest BCUT2D eigenvalue weighted by Gasteiger charge is 2.11. The highest BCUT2D eigenvalue weighted by Crippen LogP contribution is 2.27. The van der Waals surface area contributed by atoms with Crippen LogP contribution in [0, 0.1) is 5.82 Å². The maximum atomic E-state index is 13.1. The van der Waals surface area contributed by atoms with E-state index in [9.17, 15) is 4.39 Å². The summed E-state index contributed by atoms with van der Waals surface area (Å²) < 4.78 is 15.9. The van der Waals surface area contributed by atoms with Gasteiger partial charge in [0.05, 0.1) is 16.2 Å². The molecule has 0 fully saturated rings. The van der Waals surface area contributed by atoms with Crippen LogP contribution in [0.5, 0.6) is 0 Å². The van der Waals surface area contributed by atoms with Crippen molar-refractivity contribution in [3.8, 4) is 5.69 Å². The monoisotopic (exact) mass is 362 g/mol. The topological polar surface area (TPSA) is 42.7 Å². The molecule has 3 aromatic rings. The van der Waals surface area contributed by atoms with E-state index < -0.39 is 0 Å². The second kappa shape index (κ2) is 6.44. The molecule has 0 aliphatic rings. The molecule has 1 aromatic carbocycles. The molecular weight excluding hydrogens is 347 g/mol. The Kier molecular flexibility index (Phi) is 4.38. The maximum Gasteiger partial charge on any atom is 0.223 e. The highest BCUT2D eigenvalue weighted by atomic mass is 79.9. The van der Waals surface area contributed by atoms with Crippen molar-refractivity contribution < 1.29 is 4.39 Å². The van der Waals surface area contributed by atoms with Crippen LogP contribution in [0.2, 0.25) is 0 Å². The minimum absolute atomic E-state index is 0.252. The van der Waals surface area contributed by atoms with E-state index in [1.54, 1.807) is 18.3 Å². The summed E-state index contributed by atoms with van der Waals surface area (Å²) in [5, 5.41) is 3.22. The van der Waals surface area contributed by atoms with Crippen LogP contribution in [0.1, 0.15) is 19.8 Å². The van der Waals surface area contributed by atoms with Gasteiger partial charge >= 0.3 is 0 Å². The maximum absolute atomic E-state index is 13.1. The van der Waals surface area contributed by atoms with Crippen molar-refractivity contribution in [1.82, 2.24) is 14.5 Å². The predicted molar refractivity (Wildman–Crippen MR) is 89.9 cm³/mol. The second-order valence-electron chi connectivity index (χ2n) is 5.03. The van der Waals surface area contributed by atoms with Crippen molar-refractivity contribution in [2.45, 2.75) is 19.8 Å². The molecule has 0 atom stereocenters. The molecule has 0 bridgehead atoms. The molecule has 0 spiro atoms. The van der Waals surface area contributed by atoms with E-state index in [4.69, 9.17) is 0 Å². The predicted octanol–water partition coefficient (Wildman–Crippen LogP) is 4.53. The third-order valence-corrected chi connectivity index (χ3v) is 4.00. The lowest BCUT2D eigenvalue weighted by atomic mass is 10.3. The molecule has 0 radical (unpaired) electrons. The SMILES string of the molecule is CCCCNc1ncc2c(n1)c(Br)cn2-c1ccc(F)cc1. The van der Waals surface area contributed by atoms with Gasteiger partial charge in [-0.1, -0.05) is 13.3 Å². The van der Waals surface area contributed by atoms with Gasteiger partial charge in [0.25, 0.3) is 0 Å².